The Balaban J connectivity index is 1.52. The zero-order valence-electron chi connectivity index (χ0n) is 26.9. The third-order valence-electron chi connectivity index (χ3n) is 7.65. The molecular formula is C33H37NO14. The molecule has 1 saturated heterocycles. The van der Waals surface area contributed by atoms with E-state index in [1.165, 1.54) is 6.92 Å². The average Bonchev–Trinajstić information content (AvgIpc) is 3.33. The lowest BCUT2D eigenvalue weighted by Gasteiger charge is -2.44. The molecule has 2 aromatic rings. The number of carbonyl (C=O) groups is 6. The second kappa shape index (κ2) is 15.7. The first-order valence-electron chi connectivity index (χ1n) is 15.1. The number of carboxylic acid groups (broad SMARTS) is 1. The van der Waals surface area contributed by atoms with E-state index in [4.69, 9.17) is 33.2 Å². The van der Waals surface area contributed by atoms with Crippen molar-refractivity contribution in [3.05, 3.63) is 59.7 Å². The van der Waals surface area contributed by atoms with Crippen LogP contribution in [0.5, 0.6) is 0 Å². The van der Waals surface area contributed by atoms with Gasteiger partial charge in [0.05, 0.1) is 6.10 Å². The lowest BCUT2D eigenvalue weighted by Crippen LogP contribution is -2.64. The van der Waals surface area contributed by atoms with Crippen molar-refractivity contribution in [1.82, 2.24) is 5.32 Å². The Morgan fingerprint density at radius 3 is 1.77 bits per heavy atom. The molecule has 0 unspecified atom stereocenters. The Morgan fingerprint density at radius 2 is 1.25 bits per heavy atom. The molecule has 15 nitrogen and oxygen atoms in total. The number of alkyl carbamates (subject to hydrolysis) is 1. The van der Waals surface area contributed by atoms with Crippen molar-refractivity contribution >= 4 is 35.9 Å². The van der Waals surface area contributed by atoms with Crippen LogP contribution in [0.3, 0.4) is 0 Å². The Kier molecular flexibility index (Phi) is 11.7. The molecule has 0 spiro atoms. The number of hydrogen-bond acceptors (Lipinski definition) is 13. The van der Waals surface area contributed by atoms with Gasteiger partial charge in [0.15, 0.2) is 30.6 Å². The van der Waals surface area contributed by atoms with Gasteiger partial charge in [0.2, 0.25) is 0 Å². The summed E-state index contributed by atoms with van der Waals surface area (Å²) < 4.78 is 38.3. The maximum absolute atomic E-state index is 13.0. The standard InChI is InChI=1S/C33H37NO14/c1-16(27(31(39)40)34-33(41)43-14-25-23-12-8-6-10-21(23)22-11-7-9-13-24(22)25)44-32-30(47-20(5)38)29(46-19(4)37)28(45-18(3)36)26(48-32)15-42-17(2)35/h6-13,16,25-30,32H,14-15H2,1-5H3,(H,34,41)(H,39,40)/t16-,26+,27+,28-,29+,30-,32+/m1/s1. The fourth-order valence-electron chi connectivity index (χ4n) is 5.74. The molecule has 0 radical (unpaired) electrons. The maximum atomic E-state index is 13.0. The van der Waals surface area contributed by atoms with E-state index in [0.717, 1.165) is 49.9 Å². The van der Waals surface area contributed by atoms with Crippen LogP contribution >= 0.6 is 0 Å². The lowest BCUT2D eigenvalue weighted by molar-refractivity contribution is -0.316. The Morgan fingerprint density at radius 1 is 0.729 bits per heavy atom. The molecule has 15 heteroatoms. The highest BCUT2D eigenvalue weighted by molar-refractivity contribution is 5.81. The van der Waals surface area contributed by atoms with Gasteiger partial charge in [-0.2, -0.15) is 0 Å². The number of ether oxygens (including phenoxy) is 7. The van der Waals surface area contributed by atoms with E-state index < -0.39 is 85.4 Å². The van der Waals surface area contributed by atoms with E-state index in [-0.39, 0.29) is 12.5 Å². The molecule has 2 N–H and O–H groups in total. The largest absolute Gasteiger partial charge is 0.480 e. The van der Waals surface area contributed by atoms with Gasteiger partial charge in [0.25, 0.3) is 0 Å². The Labute approximate surface area is 275 Å². The van der Waals surface area contributed by atoms with Crippen molar-refractivity contribution in [2.45, 2.75) is 83.4 Å². The van der Waals surface area contributed by atoms with Crippen molar-refractivity contribution in [3.63, 3.8) is 0 Å². The van der Waals surface area contributed by atoms with Crippen molar-refractivity contribution in [2.75, 3.05) is 13.2 Å². The lowest BCUT2D eigenvalue weighted by atomic mass is 9.98. The van der Waals surface area contributed by atoms with Crippen molar-refractivity contribution in [3.8, 4) is 11.1 Å². The van der Waals surface area contributed by atoms with E-state index in [0.29, 0.717) is 0 Å². The molecular weight excluding hydrogens is 634 g/mol. The van der Waals surface area contributed by atoms with Crippen LogP contribution in [0, 0.1) is 0 Å². The van der Waals surface area contributed by atoms with E-state index in [1.54, 1.807) is 0 Å². The van der Waals surface area contributed by atoms with E-state index >= 15 is 0 Å². The Hall–Kier alpha value is -5.02. The molecule has 1 aliphatic heterocycles. The molecule has 2 aliphatic rings. The number of carbonyl (C=O) groups excluding carboxylic acids is 5. The molecule has 1 amide bonds. The summed E-state index contributed by atoms with van der Waals surface area (Å²) in [5.41, 5.74) is 3.94. The van der Waals surface area contributed by atoms with Gasteiger partial charge in [0.1, 0.15) is 19.3 Å². The summed E-state index contributed by atoms with van der Waals surface area (Å²) in [6.45, 7) is 5.02. The summed E-state index contributed by atoms with van der Waals surface area (Å²) in [6.07, 6.45) is -9.95. The summed E-state index contributed by atoms with van der Waals surface area (Å²) in [6, 6.07) is 13.7. The molecule has 258 valence electrons. The zero-order valence-corrected chi connectivity index (χ0v) is 26.9. The monoisotopic (exact) mass is 671 g/mol. The number of fused-ring (bicyclic) bond motifs is 3. The van der Waals surface area contributed by atoms with Crippen molar-refractivity contribution in [1.29, 1.82) is 0 Å². The molecule has 0 saturated carbocycles. The number of hydrogen-bond donors (Lipinski definition) is 2. The second-order valence-corrected chi connectivity index (χ2v) is 11.2. The van der Waals surface area contributed by atoms with Crippen LogP contribution in [0.2, 0.25) is 0 Å². The van der Waals surface area contributed by atoms with Crippen LogP contribution in [0.15, 0.2) is 48.5 Å². The van der Waals surface area contributed by atoms with Crippen LogP contribution in [0.4, 0.5) is 4.79 Å². The highest BCUT2D eigenvalue weighted by atomic mass is 16.7. The molecule has 4 rings (SSSR count). The van der Waals surface area contributed by atoms with E-state index in [1.807, 2.05) is 48.5 Å². The summed E-state index contributed by atoms with van der Waals surface area (Å²) in [4.78, 5) is 73.0. The molecule has 7 atom stereocenters. The quantitative estimate of drug-likeness (QED) is 0.246. The first-order chi connectivity index (χ1) is 22.8. The summed E-state index contributed by atoms with van der Waals surface area (Å²) >= 11 is 0. The van der Waals surface area contributed by atoms with Gasteiger partial charge in [0, 0.05) is 33.6 Å². The molecule has 1 aliphatic carbocycles. The van der Waals surface area contributed by atoms with Gasteiger partial charge in [-0.1, -0.05) is 48.5 Å². The SMILES string of the molecule is CC(=O)OC[C@@H]1O[C@H](O[C@H](C)[C@H](NC(=O)OCC2c3ccccc3-c3ccccc32)C(=O)O)[C@H](OC(C)=O)[C@@H](OC(C)=O)[C@@H]1OC(C)=O. The number of nitrogens with one attached hydrogen (secondary N) is 1. The fraction of sp³-hybridized carbons (Fsp3) is 0.455. The predicted octanol–water partition coefficient (Wildman–Crippen LogP) is 2.47. The van der Waals surface area contributed by atoms with Crippen LogP contribution in [0.1, 0.15) is 51.7 Å². The van der Waals surface area contributed by atoms with Gasteiger partial charge in [-0.3, -0.25) is 19.2 Å². The molecule has 1 heterocycles. The summed E-state index contributed by atoms with van der Waals surface area (Å²) in [5.74, 6) is -5.03. The third-order valence-corrected chi connectivity index (χ3v) is 7.65. The van der Waals surface area contributed by atoms with Gasteiger partial charge in [-0.25, -0.2) is 9.59 Å². The molecule has 2 aromatic carbocycles. The third kappa shape index (κ3) is 8.66. The topological polar surface area (TPSA) is 199 Å². The highest BCUT2D eigenvalue weighted by Crippen LogP contribution is 2.44. The number of aliphatic carboxylic acids is 1. The summed E-state index contributed by atoms with van der Waals surface area (Å²) in [7, 11) is 0. The second-order valence-electron chi connectivity index (χ2n) is 11.2. The van der Waals surface area contributed by atoms with Crippen molar-refractivity contribution < 1.29 is 67.0 Å². The summed E-state index contributed by atoms with van der Waals surface area (Å²) in [5, 5.41) is 12.3. The number of esters is 4. The van der Waals surface area contributed by atoms with Crippen LogP contribution in [-0.2, 0) is 57.1 Å². The number of rotatable bonds is 12. The predicted molar refractivity (Wildman–Crippen MR) is 162 cm³/mol. The van der Waals surface area contributed by atoms with Crippen molar-refractivity contribution in [2.24, 2.45) is 0 Å². The Bertz CT molecular complexity index is 1500. The average molecular weight is 672 g/mol. The minimum atomic E-state index is -1.72. The maximum Gasteiger partial charge on any atom is 0.407 e. The molecule has 48 heavy (non-hydrogen) atoms. The number of amides is 1. The minimum Gasteiger partial charge on any atom is -0.480 e. The first-order valence-corrected chi connectivity index (χ1v) is 15.1. The van der Waals surface area contributed by atoms with E-state index in [9.17, 15) is 33.9 Å². The van der Waals surface area contributed by atoms with Crippen LogP contribution < -0.4 is 5.32 Å². The van der Waals surface area contributed by atoms with Crippen LogP contribution in [0.25, 0.3) is 11.1 Å². The van der Waals surface area contributed by atoms with Gasteiger partial charge in [-0.05, 0) is 29.2 Å². The molecule has 0 aromatic heterocycles. The number of benzene rings is 2. The van der Waals surface area contributed by atoms with Gasteiger partial charge < -0.3 is 43.6 Å². The molecule has 1 fully saturated rings. The smallest absolute Gasteiger partial charge is 0.407 e. The first kappa shape index (κ1) is 35.8. The molecule has 0 bridgehead atoms. The van der Waals surface area contributed by atoms with Gasteiger partial charge in [-0.15, -0.1) is 0 Å². The normalized spacial score (nSPS) is 22.6. The minimum absolute atomic E-state index is 0.0822. The fourth-order valence-corrected chi connectivity index (χ4v) is 5.74. The van der Waals surface area contributed by atoms with Crippen LogP contribution in [-0.4, -0.2) is 97.1 Å². The van der Waals surface area contributed by atoms with E-state index in [2.05, 4.69) is 5.32 Å². The van der Waals surface area contributed by atoms with Gasteiger partial charge >= 0.3 is 35.9 Å². The number of carboxylic acids is 1. The highest BCUT2D eigenvalue weighted by Gasteiger charge is 2.53. The zero-order chi connectivity index (χ0) is 35.1.